The maximum atomic E-state index is 5.98. The van der Waals surface area contributed by atoms with Crippen molar-refractivity contribution in [3.05, 3.63) is 0 Å². The molecule has 0 aliphatic heterocycles. The van der Waals surface area contributed by atoms with Gasteiger partial charge >= 0.3 is 0 Å². The Labute approximate surface area is 90.0 Å². The Balaban J connectivity index is 2.25. The molecule has 0 heterocycles. The highest BCUT2D eigenvalue weighted by molar-refractivity contribution is 8.76. The van der Waals surface area contributed by atoms with Gasteiger partial charge in [0.1, 0.15) is 0 Å². The van der Waals surface area contributed by atoms with E-state index in [0.717, 1.165) is 5.25 Å². The fourth-order valence-corrected chi connectivity index (χ4v) is 4.10. The van der Waals surface area contributed by atoms with E-state index in [4.69, 9.17) is 5.73 Å². The Kier molecular flexibility index (Phi) is 6.33. The smallest absolute Gasteiger partial charge is 0.0151 e. The molecule has 3 heteroatoms. The van der Waals surface area contributed by atoms with Crippen LogP contribution in [-0.4, -0.2) is 17.5 Å². The van der Waals surface area contributed by atoms with Gasteiger partial charge in [-0.15, -0.1) is 0 Å². The van der Waals surface area contributed by atoms with Gasteiger partial charge < -0.3 is 5.73 Å². The molecule has 0 bridgehead atoms. The van der Waals surface area contributed by atoms with Crippen molar-refractivity contribution >= 4 is 21.6 Å². The predicted octanol–water partition coefficient (Wildman–Crippen LogP) is 3.44. The van der Waals surface area contributed by atoms with Gasteiger partial charge in [-0.05, 0) is 31.9 Å². The Bertz CT molecular complexity index is 130. The SMILES string of the molecule is CSSC1CCCCC(N)CCC1. The van der Waals surface area contributed by atoms with Crippen LogP contribution in [0.25, 0.3) is 0 Å². The standard InChI is InChI=1S/C10H21NS2/c1-12-13-10-7-3-2-5-9(11)6-4-8-10/h9-10H,2-8,11H2,1H3. The molecule has 1 aliphatic rings. The van der Waals surface area contributed by atoms with E-state index in [0.29, 0.717) is 6.04 Å². The zero-order valence-electron chi connectivity index (χ0n) is 8.50. The zero-order chi connectivity index (χ0) is 9.52. The highest BCUT2D eigenvalue weighted by Gasteiger charge is 2.13. The van der Waals surface area contributed by atoms with Gasteiger partial charge in [-0.2, -0.15) is 0 Å². The average molecular weight is 219 g/mol. The molecule has 2 unspecified atom stereocenters. The normalized spacial score (nSPS) is 31.8. The van der Waals surface area contributed by atoms with Crippen molar-refractivity contribution < 1.29 is 0 Å². The second-order valence-corrected chi connectivity index (χ2v) is 6.63. The van der Waals surface area contributed by atoms with Crippen molar-refractivity contribution in [3.63, 3.8) is 0 Å². The minimum absolute atomic E-state index is 0.484. The molecular weight excluding hydrogens is 198 g/mol. The van der Waals surface area contributed by atoms with Gasteiger partial charge in [0.15, 0.2) is 0 Å². The highest BCUT2D eigenvalue weighted by Crippen LogP contribution is 2.32. The molecule has 1 fully saturated rings. The van der Waals surface area contributed by atoms with Crippen molar-refractivity contribution in [2.24, 2.45) is 5.73 Å². The first-order chi connectivity index (χ1) is 6.33. The molecule has 0 spiro atoms. The molecule has 0 saturated heterocycles. The van der Waals surface area contributed by atoms with E-state index in [9.17, 15) is 0 Å². The molecule has 0 amide bonds. The van der Waals surface area contributed by atoms with Gasteiger partial charge in [0.2, 0.25) is 0 Å². The lowest BCUT2D eigenvalue weighted by Gasteiger charge is -2.12. The van der Waals surface area contributed by atoms with E-state index < -0.39 is 0 Å². The van der Waals surface area contributed by atoms with Crippen LogP contribution in [0, 0.1) is 0 Å². The first-order valence-electron chi connectivity index (χ1n) is 5.28. The van der Waals surface area contributed by atoms with Crippen molar-refractivity contribution in [2.45, 2.75) is 56.2 Å². The summed E-state index contributed by atoms with van der Waals surface area (Å²) in [5.41, 5.74) is 5.98. The summed E-state index contributed by atoms with van der Waals surface area (Å²) in [6, 6.07) is 0.484. The molecule has 0 aromatic rings. The van der Waals surface area contributed by atoms with E-state index >= 15 is 0 Å². The number of hydrogen-bond donors (Lipinski definition) is 1. The minimum atomic E-state index is 0.484. The predicted molar refractivity (Wildman–Crippen MR) is 65.2 cm³/mol. The van der Waals surface area contributed by atoms with E-state index in [1.807, 2.05) is 10.8 Å². The summed E-state index contributed by atoms with van der Waals surface area (Å²) in [6.45, 7) is 0. The molecule has 1 rings (SSSR count). The number of hydrogen-bond acceptors (Lipinski definition) is 3. The molecule has 0 aromatic heterocycles. The van der Waals surface area contributed by atoms with Crippen LogP contribution in [-0.2, 0) is 0 Å². The van der Waals surface area contributed by atoms with Crippen molar-refractivity contribution in [1.82, 2.24) is 0 Å². The summed E-state index contributed by atoms with van der Waals surface area (Å²) < 4.78 is 0. The third-order valence-electron chi connectivity index (χ3n) is 2.68. The van der Waals surface area contributed by atoms with E-state index in [-0.39, 0.29) is 0 Å². The summed E-state index contributed by atoms with van der Waals surface area (Å²) in [5.74, 6) is 0. The van der Waals surface area contributed by atoms with E-state index in [1.165, 1.54) is 44.9 Å². The minimum Gasteiger partial charge on any atom is -0.328 e. The monoisotopic (exact) mass is 219 g/mol. The topological polar surface area (TPSA) is 26.0 Å². The van der Waals surface area contributed by atoms with E-state index in [1.54, 1.807) is 0 Å². The van der Waals surface area contributed by atoms with Crippen LogP contribution in [0.4, 0.5) is 0 Å². The second kappa shape index (κ2) is 7.02. The Morgan fingerprint density at radius 1 is 1.00 bits per heavy atom. The Morgan fingerprint density at radius 3 is 2.38 bits per heavy atom. The Morgan fingerprint density at radius 2 is 1.62 bits per heavy atom. The largest absolute Gasteiger partial charge is 0.328 e. The summed E-state index contributed by atoms with van der Waals surface area (Å²) >= 11 is 0. The molecule has 1 aliphatic carbocycles. The lowest BCUT2D eigenvalue weighted by molar-refractivity contribution is 0.534. The van der Waals surface area contributed by atoms with E-state index in [2.05, 4.69) is 17.0 Å². The van der Waals surface area contributed by atoms with Crippen LogP contribution < -0.4 is 5.73 Å². The van der Waals surface area contributed by atoms with Crippen molar-refractivity contribution in [1.29, 1.82) is 0 Å². The second-order valence-electron chi connectivity index (χ2n) is 3.86. The zero-order valence-corrected chi connectivity index (χ0v) is 10.1. The summed E-state index contributed by atoms with van der Waals surface area (Å²) in [4.78, 5) is 0. The molecule has 0 aromatic carbocycles. The van der Waals surface area contributed by atoms with Crippen molar-refractivity contribution in [3.8, 4) is 0 Å². The molecule has 2 atom stereocenters. The summed E-state index contributed by atoms with van der Waals surface area (Å²) in [7, 11) is 3.98. The maximum Gasteiger partial charge on any atom is 0.0151 e. The molecular formula is C10H21NS2. The van der Waals surface area contributed by atoms with Gasteiger partial charge in [0.05, 0.1) is 0 Å². The van der Waals surface area contributed by atoms with Crippen LogP contribution in [0.15, 0.2) is 0 Å². The van der Waals surface area contributed by atoms with Gasteiger partial charge in [-0.3, -0.25) is 0 Å². The lowest BCUT2D eigenvalue weighted by Crippen LogP contribution is -2.19. The first kappa shape index (κ1) is 11.7. The van der Waals surface area contributed by atoms with Gasteiger partial charge in [0.25, 0.3) is 0 Å². The quantitative estimate of drug-likeness (QED) is 0.721. The highest BCUT2D eigenvalue weighted by atomic mass is 33.1. The van der Waals surface area contributed by atoms with Crippen LogP contribution >= 0.6 is 21.6 Å². The van der Waals surface area contributed by atoms with Crippen LogP contribution in [0.5, 0.6) is 0 Å². The fraction of sp³-hybridized carbons (Fsp3) is 1.00. The molecule has 78 valence electrons. The molecule has 2 N–H and O–H groups in total. The van der Waals surface area contributed by atoms with Crippen LogP contribution in [0.1, 0.15) is 44.9 Å². The number of rotatable bonds is 2. The van der Waals surface area contributed by atoms with Gasteiger partial charge in [0, 0.05) is 11.3 Å². The van der Waals surface area contributed by atoms with Crippen LogP contribution in [0.2, 0.25) is 0 Å². The Hall–Kier alpha value is 0.660. The molecule has 13 heavy (non-hydrogen) atoms. The van der Waals surface area contributed by atoms with Gasteiger partial charge in [-0.1, -0.05) is 40.9 Å². The third kappa shape index (κ3) is 5.18. The summed E-state index contributed by atoms with van der Waals surface area (Å²) in [5, 5.41) is 0.889. The van der Waals surface area contributed by atoms with Crippen LogP contribution in [0.3, 0.4) is 0 Å². The molecule has 1 saturated carbocycles. The first-order valence-corrected chi connectivity index (χ1v) is 7.90. The third-order valence-corrected chi connectivity index (χ3v) is 5.01. The average Bonchev–Trinajstić information content (AvgIpc) is 2.20. The summed E-state index contributed by atoms with van der Waals surface area (Å²) in [6.07, 6.45) is 11.5. The lowest BCUT2D eigenvalue weighted by atomic mass is 10.1. The van der Waals surface area contributed by atoms with Gasteiger partial charge in [-0.25, -0.2) is 0 Å². The molecule has 1 nitrogen and oxygen atoms in total. The maximum absolute atomic E-state index is 5.98. The fourth-order valence-electron chi connectivity index (χ4n) is 1.91. The number of nitrogens with two attached hydrogens (primary N) is 1. The van der Waals surface area contributed by atoms with Crippen molar-refractivity contribution in [2.75, 3.05) is 6.26 Å². The molecule has 0 radical (unpaired) electrons.